The van der Waals surface area contributed by atoms with Gasteiger partial charge >= 0.3 is 0 Å². The summed E-state index contributed by atoms with van der Waals surface area (Å²) in [6, 6.07) is 24.6. The van der Waals surface area contributed by atoms with Crippen LogP contribution in [0.5, 0.6) is 11.5 Å². The Morgan fingerprint density at radius 1 is 1.00 bits per heavy atom. The van der Waals surface area contributed by atoms with E-state index in [9.17, 15) is 4.79 Å². The van der Waals surface area contributed by atoms with Gasteiger partial charge in [-0.25, -0.2) is 0 Å². The van der Waals surface area contributed by atoms with Crippen molar-refractivity contribution in [2.75, 3.05) is 12.3 Å². The molecule has 0 saturated carbocycles. The molecule has 1 aliphatic heterocycles. The molecular weight excluding hydrogens is 378 g/mol. The van der Waals surface area contributed by atoms with E-state index in [0.717, 1.165) is 11.3 Å². The molecule has 0 bridgehead atoms. The second-order valence-electron chi connectivity index (χ2n) is 6.19. The van der Waals surface area contributed by atoms with Crippen molar-refractivity contribution in [2.24, 2.45) is 0 Å². The molecule has 1 saturated heterocycles. The quantitative estimate of drug-likeness (QED) is 0.541. The van der Waals surface area contributed by atoms with Crippen molar-refractivity contribution >= 4 is 29.3 Å². The van der Waals surface area contributed by atoms with E-state index in [1.165, 1.54) is 0 Å². The van der Waals surface area contributed by atoms with E-state index in [0.29, 0.717) is 28.6 Å². The number of nitrogens with zero attached hydrogens (tertiary/aromatic N) is 1. The van der Waals surface area contributed by atoms with Gasteiger partial charge in [0.25, 0.3) is 5.91 Å². The number of rotatable bonds is 4. The van der Waals surface area contributed by atoms with Crippen molar-refractivity contribution in [1.29, 1.82) is 0 Å². The fourth-order valence-corrected chi connectivity index (χ4v) is 4.56. The summed E-state index contributed by atoms with van der Waals surface area (Å²) in [7, 11) is 0. The number of hydrogen-bond donors (Lipinski definition) is 0. The van der Waals surface area contributed by atoms with Crippen LogP contribution in [0.4, 0.5) is 0 Å². The third-order valence-corrected chi connectivity index (χ3v) is 5.87. The number of carbonyl (C=O) groups excluding carboxylic acids is 1. The van der Waals surface area contributed by atoms with Gasteiger partial charge in [-0.3, -0.25) is 4.79 Å². The number of para-hydroxylation sites is 2. The maximum Gasteiger partial charge on any atom is 0.258 e. The molecule has 0 aliphatic carbocycles. The van der Waals surface area contributed by atoms with Crippen LogP contribution in [-0.4, -0.2) is 23.1 Å². The van der Waals surface area contributed by atoms with Gasteiger partial charge in [-0.1, -0.05) is 54.1 Å². The van der Waals surface area contributed by atoms with Gasteiger partial charge in [0.2, 0.25) is 0 Å². The van der Waals surface area contributed by atoms with Crippen molar-refractivity contribution in [3.8, 4) is 11.5 Å². The maximum atomic E-state index is 13.3. The topological polar surface area (TPSA) is 29.5 Å². The average Bonchev–Trinajstić information content (AvgIpc) is 3.19. The van der Waals surface area contributed by atoms with Gasteiger partial charge in [0.1, 0.15) is 16.9 Å². The highest BCUT2D eigenvalue weighted by atomic mass is 35.5. The Labute approximate surface area is 167 Å². The van der Waals surface area contributed by atoms with Crippen LogP contribution in [0, 0.1) is 0 Å². The molecule has 136 valence electrons. The zero-order chi connectivity index (χ0) is 18.6. The molecule has 4 rings (SSSR count). The third-order valence-electron chi connectivity index (χ3n) is 4.37. The van der Waals surface area contributed by atoms with Crippen molar-refractivity contribution in [3.05, 3.63) is 95.0 Å². The number of amides is 1. The lowest BCUT2D eigenvalue weighted by Gasteiger charge is -2.25. The molecule has 0 spiro atoms. The molecule has 1 unspecified atom stereocenters. The van der Waals surface area contributed by atoms with Crippen LogP contribution in [0.25, 0.3) is 0 Å². The number of thioether (sulfide) groups is 1. The third kappa shape index (κ3) is 3.97. The smallest absolute Gasteiger partial charge is 0.258 e. The van der Waals surface area contributed by atoms with Gasteiger partial charge in [0.15, 0.2) is 0 Å². The zero-order valence-corrected chi connectivity index (χ0v) is 16.1. The van der Waals surface area contributed by atoms with Crippen molar-refractivity contribution < 1.29 is 9.53 Å². The van der Waals surface area contributed by atoms with Crippen LogP contribution in [0.3, 0.4) is 0 Å². The molecule has 1 heterocycles. The highest BCUT2D eigenvalue weighted by Gasteiger charge is 2.32. The molecule has 3 aromatic rings. The van der Waals surface area contributed by atoms with E-state index in [-0.39, 0.29) is 11.3 Å². The Bertz CT molecular complexity index is 948. The predicted molar refractivity (Wildman–Crippen MR) is 111 cm³/mol. The molecule has 0 radical (unpaired) electrons. The Hall–Kier alpha value is -2.43. The summed E-state index contributed by atoms with van der Waals surface area (Å²) >= 11 is 7.90. The minimum absolute atomic E-state index is 0.0310. The summed E-state index contributed by atoms with van der Waals surface area (Å²) in [6.07, 6.45) is 0. The number of benzene rings is 3. The monoisotopic (exact) mass is 395 g/mol. The van der Waals surface area contributed by atoms with Crippen LogP contribution in [0.1, 0.15) is 21.3 Å². The summed E-state index contributed by atoms with van der Waals surface area (Å²) in [5.41, 5.74) is 1.61. The summed E-state index contributed by atoms with van der Waals surface area (Å²) in [5, 5.41) is 0.640. The van der Waals surface area contributed by atoms with E-state index in [1.54, 1.807) is 11.8 Å². The standard InChI is InChI=1S/C22H18ClNO2S/c23-17-8-6-7-16(15-17)22-24(13-14-27-22)21(25)19-11-4-5-12-20(19)26-18-9-2-1-3-10-18/h1-12,15,22H,13-14H2. The molecular formula is C22H18ClNO2S. The van der Waals surface area contributed by atoms with E-state index < -0.39 is 0 Å². The molecule has 0 aromatic heterocycles. The Morgan fingerprint density at radius 3 is 2.59 bits per heavy atom. The number of hydrogen-bond acceptors (Lipinski definition) is 3. The highest BCUT2D eigenvalue weighted by Crippen LogP contribution is 2.40. The molecule has 1 amide bonds. The van der Waals surface area contributed by atoms with E-state index in [4.69, 9.17) is 16.3 Å². The first-order valence-electron chi connectivity index (χ1n) is 8.72. The van der Waals surface area contributed by atoms with Gasteiger partial charge < -0.3 is 9.64 Å². The lowest BCUT2D eigenvalue weighted by atomic mass is 10.1. The van der Waals surface area contributed by atoms with E-state index in [1.807, 2.05) is 83.8 Å². The van der Waals surface area contributed by atoms with E-state index >= 15 is 0 Å². The second kappa shape index (κ2) is 8.07. The molecule has 1 atom stereocenters. The SMILES string of the molecule is O=C(c1ccccc1Oc1ccccc1)N1CCSC1c1cccc(Cl)c1. The average molecular weight is 396 g/mol. The highest BCUT2D eigenvalue weighted by molar-refractivity contribution is 7.99. The van der Waals surface area contributed by atoms with Crippen LogP contribution in [-0.2, 0) is 0 Å². The normalized spacial score (nSPS) is 16.3. The minimum atomic E-state index is -0.0408. The van der Waals surface area contributed by atoms with Crippen LogP contribution < -0.4 is 4.74 Å². The molecule has 27 heavy (non-hydrogen) atoms. The van der Waals surface area contributed by atoms with E-state index in [2.05, 4.69) is 0 Å². The molecule has 1 aliphatic rings. The van der Waals surface area contributed by atoms with Crippen molar-refractivity contribution in [3.63, 3.8) is 0 Å². The van der Waals surface area contributed by atoms with Gasteiger partial charge in [0.05, 0.1) is 5.56 Å². The summed E-state index contributed by atoms with van der Waals surface area (Å²) < 4.78 is 5.97. The number of halogens is 1. The van der Waals surface area contributed by atoms with Gasteiger partial charge in [-0.2, -0.15) is 0 Å². The lowest BCUT2D eigenvalue weighted by molar-refractivity contribution is 0.0757. The fourth-order valence-electron chi connectivity index (χ4n) is 3.12. The largest absolute Gasteiger partial charge is 0.457 e. The molecule has 3 nitrogen and oxygen atoms in total. The van der Waals surface area contributed by atoms with Gasteiger partial charge in [-0.15, -0.1) is 11.8 Å². The first kappa shape index (κ1) is 18.0. The first-order chi connectivity index (χ1) is 13.2. The molecule has 5 heteroatoms. The van der Waals surface area contributed by atoms with Crippen molar-refractivity contribution in [1.82, 2.24) is 4.90 Å². The first-order valence-corrected chi connectivity index (χ1v) is 10.1. The Balaban J connectivity index is 1.62. The summed E-state index contributed by atoms with van der Waals surface area (Å²) in [5.74, 6) is 2.14. The molecule has 3 aromatic carbocycles. The molecule has 1 fully saturated rings. The van der Waals surface area contributed by atoms with Crippen molar-refractivity contribution in [2.45, 2.75) is 5.37 Å². The predicted octanol–water partition coefficient (Wildman–Crippen LogP) is 6.02. The Morgan fingerprint density at radius 2 is 1.78 bits per heavy atom. The number of carbonyl (C=O) groups is 1. The fraction of sp³-hybridized carbons (Fsp3) is 0.136. The lowest BCUT2D eigenvalue weighted by Crippen LogP contribution is -2.30. The van der Waals surface area contributed by atoms with Gasteiger partial charge in [0, 0.05) is 17.3 Å². The molecule has 0 N–H and O–H groups in total. The minimum Gasteiger partial charge on any atom is -0.457 e. The second-order valence-corrected chi connectivity index (χ2v) is 7.81. The zero-order valence-electron chi connectivity index (χ0n) is 14.5. The van der Waals surface area contributed by atoms with Crippen LogP contribution >= 0.6 is 23.4 Å². The summed E-state index contributed by atoms with van der Waals surface area (Å²) in [4.78, 5) is 15.2. The number of ether oxygens (including phenoxy) is 1. The van der Waals surface area contributed by atoms with Crippen LogP contribution in [0.2, 0.25) is 5.02 Å². The van der Waals surface area contributed by atoms with Crippen LogP contribution in [0.15, 0.2) is 78.9 Å². The summed E-state index contributed by atoms with van der Waals surface area (Å²) in [6.45, 7) is 0.695. The Kier molecular flexibility index (Phi) is 5.37. The van der Waals surface area contributed by atoms with Gasteiger partial charge in [-0.05, 0) is 42.0 Å². The maximum absolute atomic E-state index is 13.3.